The SMILES string of the molecule is CCOC(=O)C(=O)C1COC(=O)c2ccc(Cl)cc21. The highest BCUT2D eigenvalue weighted by molar-refractivity contribution is 6.36. The number of benzene rings is 1. The zero-order valence-corrected chi connectivity index (χ0v) is 10.9. The Hall–Kier alpha value is -1.88. The van der Waals surface area contributed by atoms with Gasteiger partial charge in [-0.1, -0.05) is 11.6 Å². The van der Waals surface area contributed by atoms with Gasteiger partial charge < -0.3 is 9.47 Å². The minimum absolute atomic E-state index is 0.111. The van der Waals surface area contributed by atoms with Gasteiger partial charge in [0.05, 0.1) is 18.1 Å². The number of cyclic esters (lactones) is 1. The fourth-order valence-electron chi connectivity index (χ4n) is 1.90. The van der Waals surface area contributed by atoms with Gasteiger partial charge in [0.15, 0.2) is 0 Å². The van der Waals surface area contributed by atoms with Gasteiger partial charge in [0.2, 0.25) is 0 Å². The van der Waals surface area contributed by atoms with Gasteiger partial charge in [0, 0.05) is 5.02 Å². The van der Waals surface area contributed by atoms with Crippen LogP contribution in [0.2, 0.25) is 5.02 Å². The largest absolute Gasteiger partial charge is 0.461 e. The third-order valence-electron chi connectivity index (χ3n) is 2.78. The van der Waals surface area contributed by atoms with Gasteiger partial charge in [-0.2, -0.15) is 0 Å². The minimum Gasteiger partial charge on any atom is -0.461 e. The van der Waals surface area contributed by atoms with Crippen molar-refractivity contribution in [2.75, 3.05) is 13.2 Å². The monoisotopic (exact) mass is 282 g/mol. The topological polar surface area (TPSA) is 69.7 Å². The van der Waals surface area contributed by atoms with Crippen LogP contribution in [0.3, 0.4) is 0 Å². The fraction of sp³-hybridized carbons (Fsp3) is 0.308. The zero-order chi connectivity index (χ0) is 14.0. The number of fused-ring (bicyclic) bond motifs is 1. The van der Waals surface area contributed by atoms with E-state index in [1.54, 1.807) is 6.92 Å². The summed E-state index contributed by atoms with van der Waals surface area (Å²) >= 11 is 5.86. The summed E-state index contributed by atoms with van der Waals surface area (Å²) in [5, 5.41) is 0.384. The lowest BCUT2D eigenvalue weighted by Gasteiger charge is -2.23. The number of carbonyl (C=O) groups is 3. The van der Waals surface area contributed by atoms with Crippen LogP contribution in [0.25, 0.3) is 0 Å². The molecule has 19 heavy (non-hydrogen) atoms. The number of carbonyl (C=O) groups excluding carboxylic acids is 3. The third-order valence-corrected chi connectivity index (χ3v) is 3.02. The standard InChI is InChI=1S/C13H11ClO5/c1-2-18-13(17)11(15)10-6-19-12(16)8-4-3-7(14)5-9(8)10/h3-5,10H,2,6H2,1H3. The van der Waals surface area contributed by atoms with E-state index >= 15 is 0 Å². The van der Waals surface area contributed by atoms with Gasteiger partial charge in [-0.05, 0) is 30.7 Å². The molecule has 0 bridgehead atoms. The van der Waals surface area contributed by atoms with Crippen LogP contribution in [0.4, 0.5) is 0 Å². The highest BCUT2D eigenvalue weighted by atomic mass is 35.5. The molecule has 0 aliphatic carbocycles. The molecule has 1 unspecified atom stereocenters. The Morgan fingerprint density at radius 3 is 2.89 bits per heavy atom. The maximum absolute atomic E-state index is 12.0. The number of hydrogen-bond donors (Lipinski definition) is 0. The second kappa shape index (κ2) is 5.40. The van der Waals surface area contributed by atoms with Gasteiger partial charge in [-0.3, -0.25) is 4.79 Å². The van der Waals surface area contributed by atoms with Crippen LogP contribution in [0.1, 0.15) is 28.8 Å². The molecule has 6 heteroatoms. The quantitative estimate of drug-likeness (QED) is 0.624. The molecule has 1 atom stereocenters. The Morgan fingerprint density at radius 2 is 2.21 bits per heavy atom. The van der Waals surface area contributed by atoms with Crippen molar-refractivity contribution in [1.29, 1.82) is 0 Å². The van der Waals surface area contributed by atoms with E-state index in [-0.39, 0.29) is 18.8 Å². The summed E-state index contributed by atoms with van der Waals surface area (Å²) in [4.78, 5) is 35.0. The average molecular weight is 283 g/mol. The highest BCUT2D eigenvalue weighted by Gasteiger charge is 2.36. The van der Waals surface area contributed by atoms with Crippen molar-refractivity contribution in [3.05, 3.63) is 34.3 Å². The molecular weight excluding hydrogens is 272 g/mol. The summed E-state index contributed by atoms with van der Waals surface area (Å²) in [6.45, 7) is 1.54. The predicted octanol–water partition coefficient (Wildman–Crippen LogP) is 1.73. The molecule has 0 aromatic heterocycles. The molecule has 100 valence electrons. The van der Waals surface area contributed by atoms with E-state index in [0.29, 0.717) is 10.6 Å². The number of rotatable bonds is 3. The third kappa shape index (κ3) is 2.61. The molecular formula is C13H11ClO5. The van der Waals surface area contributed by atoms with Gasteiger partial charge in [0.1, 0.15) is 6.61 Å². The molecule has 2 rings (SSSR count). The van der Waals surface area contributed by atoms with Crippen molar-refractivity contribution in [1.82, 2.24) is 0 Å². The van der Waals surface area contributed by atoms with Crippen molar-refractivity contribution in [2.24, 2.45) is 0 Å². The molecule has 0 saturated carbocycles. The lowest BCUT2D eigenvalue weighted by molar-refractivity contribution is -0.154. The van der Waals surface area contributed by atoms with Crippen LogP contribution in [0.5, 0.6) is 0 Å². The highest BCUT2D eigenvalue weighted by Crippen LogP contribution is 2.30. The van der Waals surface area contributed by atoms with Crippen molar-refractivity contribution >= 4 is 29.3 Å². The summed E-state index contributed by atoms with van der Waals surface area (Å²) < 4.78 is 9.56. The average Bonchev–Trinajstić information content (AvgIpc) is 2.38. The number of halogens is 1. The molecule has 1 aromatic carbocycles. The van der Waals surface area contributed by atoms with Crippen molar-refractivity contribution in [3.63, 3.8) is 0 Å². The van der Waals surface area contributed by atoms with E-state index in [0.717, 1.165) is 0 Å². The normalized spacial score (nSPS) is 17.4. The van der Waals surface area contributed by atoms with Crippen molar-refractivity contribution < 1.29 is 23.9 Å². The van der Waals surface area contributed by atoms with Crippen LogP contribution in [-0.2, 0) is 19.1 Å². The maximum Gasteiger partial charge on any atom is 0.375 e. The van der Waals surface area contributed by atoms with Crippen LogP contribution in [0.15, 0.2) is 18.2 Å². The first kappa shape index (κ1) is 13.5. The van der Waals surface area contributed by atoms with Gasteiger partial charge in [-0.25, -0.2) is 9.59 Å². The Bertz CT molecular complexity index is 552. The molecule has 0 saturated heterocycles. The summed E-state index contributed by atoms with van der Waals surface area (Å²) in [7, 11) is 0. The van der Waals surface area contributed by atoms with Crippen LogP contribution < -0.4 is 0 Å². The maximum atomic E-state index is 12.0. The summed E-state index contributed by atoms with van der Waals surface area (Å²) in [5.74, 6) is -3.06. The first-order valence-corrected chi connectivity index (χ1v) is 6.10. The predicted molar refractivity (Wildman–Crippen MR) is 66.1 cm³/mol. The van der Waals surface area contributed by atoms with E-state index in [1.807, 2.05) is 0 Å². The van der Waals surface area contributed by atoms with E-state index < -0.39 is 23.6 Å². The van der Waals surface area contributed by atoms with E-state index in [2.05, 4.69) is 4.74 Å². The Kier molecular flexibility index (Phi) is 3.85. The smallest absolute Gasteiger partial charge is 0.375 e. The van der Waals surface area contributed by atoms with Gasteiger partial charge in [0.25, 0.3) is 5.78 Å². The van der Waals surface area contributed by atoms with Crippen LogP contribution in [0, 0.1) is 0 Å². The summed E-state index contributed by atoms with van der Waals surface area (Å²) in [5.41, 5.74) is 0.653. The molecule has 1 aliphatic heterocycles. The molecule has 0 radical (unpaired) electrons. The number of ketones is 1. The van der Waals surface area contributed by atoms with Crippen LogP contribution >= 0.6 is 11.6 Å². The van der Waals surface area contributed by atoms with Gasteiger partial charge in [-0.15, -0.1) is 0 Å². The Balaban J connectivity index is 2.37. The minimum atomic E-state index is -0.934. The Morgan fingerprint density at radius 1 is 1.47 bits per heavy atom. The lowest BCUT2D eigenvalue weighted by atomic mass is 9.89. The van der Waals surface area contributed by atoms with E-state index in [9.17, 15) is 14.4 Å². The first-order valence-electron chi connectivity index (χ1n) is 5.72. The fourth-order valence-corrected chi connectivity index (χ4v) is 2.08. The van der Waals surface area contributed by atoms with Crippen LogP contribution in [-0.4, -0.2) is 30.9 Å². The number of hydrogen-bond acceptors (Lipinski definition) is 5. The lowest BCUT2D eigenvalue weighted by Crippen LogP contribution is -2.33. The second-order valence-electron chi connectivity index (χ2n) is 3.97. The molecule has 1 aliphatic rings. The number of ether oxygens (including phenoxy) is 2. The first-order chi connectivity index (χ1) is 9.04. The van der Waals surface area contributed by atoms with E-state index in [4.69, 9.17) is 16.3 Å². The summed E-state index contributed by atoms with van der Waals surface area (Å²) in [6.07, 6.45) is 0. The molecule has 0 N–H and O–H groups in total. The molecule has 0 amide bonds. The molecule has 0 fully saturated rings. The van der Waals surface area contributed by atoms with E-state index in [1.165, 1.54) is 18.2 Å². The number of esters is 2. The van der Waals surface area contributed by atoms with Gasteiger partial charge >= 0.3 is 11.9 Å². The zero-order valence-electron chi connectivity index (χ0n) is 10.1. The number of Topliss-reactive ketones (excluding diaryl/α,β-unsaturated/α-hetero) is 1. The van der Waals surface area contributed by atoms with Crippen molar-refractivity contribution in [3.8, 4) is 0 Å². The molecule has 5 nitrogen and oxygen atoms in total. The van der Waals surface area contributed by atoms with Crippen molar-refractivity contribution in [2.45, 2.75) is 12.8 Å². The molecule has 1 aromatic rings. The summed E-state index contributed by atoms with van der Waals surface area (Å²) in [6, 6.07) is 4.50. The molecule has 0 spiro atoms. The second-order valence-corrected chi connectivity index (χ2v) is 4.40. The Labute approximate surface area is 114 Å². The molecule has 1 heterocycles.